The van der Waals surface area contributed by atoms with Crippen molar-refractivity contribution in [1.29, 1.82) is 5.26 Å². The van der Waals surface area contributed by atoms with E-state index in [2.05, 4.69) is 0 Å². The quantitative estimate of drug-likeness (QED) is 0.778. The van der Waals surface area contributed by atoms with Crippen molar-refractivity contribution < 1.29 is 18.7 Å². The van der Waals surface area contributed by atoms with E-state index in [4.69, 9.17) is 10.00 Å². The second-order valence-electron chi connectivity index (χ2n) is 4.70. The minimum atomic E-state index is -0.587. The van der Waals surface area contributed by atoms with Gasteiger partial charge < -0.3 is 9.64 Å². The zero-order chi connectivity index (χ0) is 14.7. The molecule has 20 heavy (non-hydrogen) atoms. The first-order valence-corrected chi connectivity index (χ1v) is 6.10. The average molecular weight is 276 g/mol. The van der Waals surface area contributed by atoms with Gasteiger partial charge in [0.15, 0.2) is 0 Å². The van der Waals surface area contributed by atoms with E-state index in [9.17, 15) is 14.0 Å². The van der Waals surface area contributed by atoms with Crippen LogP contribution < -0.4 is 0 Å². The highest BCUT2D eigenvalue weighted by molar-refractivity contribution is 5.86. The molecule has 0 aliphatic carbocycles. The van der Waals surface area contributed by atoms with Crippen LogP contribution >= 0.6 is 0 Å². The molecule has 0 bridgehead atoms. The maximum Gasteiger partial charge on any atom is 0.311 e. The van der Waals surface area contributed by atoms with E-state index in [1.54, 1.807) is 7.05 Å². The van der Waals surface area contributed by atoms with E-state index in [-0.39, 0.29) is 30.1 Å². The molecule has 5 nitrogen and oxygen atoms in total. The van der Waals surface area contributed by atoms with E-state index in [0.717, 1.165) is 6.07 Å². The Hall–Kier alpha value is -2.42. The van der Waals surface area contributed by atoms with Gasteiger partial charge in [-0.1, -0.05) is 6.07 Å². The molecule has 0 aromatic heterocycles. The lowest BCUT2D eigenvalue weighted by molar-refractivity contribution is -0.149. The van der Waals surface area contributed by atoms with Crippen LogP contribution in [0.25, 0.3) is 0 Å². The Morgan fingerprint density at radius 2 is 2.35 bits per heavy atom. The Bertz CT molecular complexity index is 595. The molecule has 1 amide bonds. The molecule has 0 spiro atoms. The van der Waals surface area contributed by atoms with Crippen molar-refractivity contribution in [2.45, 2.75) is 13.0 Å². The maximum absolute atomic E-state index is 13.6. The van der Waals surface area contributed by atoms with Crippen LogP contribution in [0.15, 0.2) is 18.2 Å². The average Bonchev–Trinajstić information content (AvgIpc) is 2.77. The van der Waals surface area contributed by atoms with Gasteiger partial charge in [0.2, 0.25) is 5.91 Å². The Morgan fingerprint density at radius 1 is 1.60 bits per heavy atom. The second kappa shape index (κ2) is 5.70. The lowest BCUT2D eigenvalue weighted by Gasteiger charge is -2.10. The van der Waals surface area contributed by atoms with Gasteiger partial charge in [-0.2, -0.15) is 5.26 Å². The predicted molar refractivity (Wildman–Crippen MR) is 66.7 cm³/mol. The van der Waals surface area contributed by atoms with Crippen molar-refractivity contribution in [2.24, 2.45) is 5.92 Å². The van der Waals surface area contributed by atoms with Crippen LogP contribution in [-0.2, 0) is 20.9 Å². The number of carbonyl (C=O) groups excluding carboxylic acids is 2. The fraction of sp³-hybridized carbons (Fsp3) is 0.357. The summed E-state index contributed by atoms with van der Waals surface area (Å²) in [5, 5.41) is 8.63. The molecule has 0 radical (unpaired) electrons. The molecule has 1 aromatic carbocycles. The van der Waals surface area contributed by atoms with Gasteiger partial charge in [0.05, 0.1) is 17.6 Å². The summed E-state index contributed by atoms with van der Waals surface area (Å²) in [6.07, 6.45) is 0.130. The van der Waals surface area contributed by atoms with Crippen LogP contribution in [0, 0.1) is 23.1 Å². The molecule has 2 rings (SSSR count). The van der Waals surface area contributed by atoms with Gasteiger partial charge in [0, 0.05) is 25.6 Å². The fourth-order valence-electron chi connectivity index (χ4n) is 2.02. The van der Waals surface area contributed by atoms with Gasteiger partial charge in [0.1, 0.15) is 12.4 Å². The molecule has 1 saturated heterocycles. The van der Waals surface area contributed by atoms with Crippen molar-refractivity contribution in [3.8, 4) is 6.07 Å². The molecular formula is C14H13FN2O3. The molecule has 6 heteroatoms. The van der Waals surface area contributed by atoms with Gasteiger partial charge in [-0.3, -0.25) is 9.59 Å². The molecule has 1 heterocycles. The van der Waals surface area contributed by atoms with E-state index >= 15 is 0 Å². The molecular weight excluding hydrogens is 263 g/mol. The highest BCUT2D eigenvalue weighted by atomic mass is 19.1. The number of amides is 1. The summed E-state index contributed by atoms with van der Waals surface area (Å²) in [5.41, 5.74) is 0.413. The second-order valence-corrected chi connectivity index (χ2v) is 4.70. The van der Waals surface area contributed by atoms with Gasteiger partial charge in [0.25, 0.3) is 0 Å². The molecule has 1 aromatic rings. The maximum atomic E-state index is 13.6. The minimum absolute atomic E-state index is 0.100. The predicted octanol–water partition coefficient (Wildman–Crippen LogP) is 1.22. The van der Waals surface area contributed by atoms with Crippen molar-refractivity contribution in [2.75, 3.05) is 13.6 Å². The third-order valence-electron chi connectivity index (χ3n) is 3.23. The molecule has 0 N–H and O–H groups in total. The summed E-state index contributed by atoms with van der Waals surface area (Å²) in [4.78, 5) is 24.6. The van der Waals surface area contributed by atoms with Crippen molar-refractivity contribution in [3.05, 3.63) is 35.1 Å². The number of likely N-dealkylation sites (tertiary alicyclic amines) is 1. The highest BCUT2D eigenvalue weighted by Gasteiger charge is 2.33. The number of benzene rings is 1. The largest absolute Gasteiger partial charge is 0.460 e. The SMILES string of the molecule is CN1C[C@@H](C(=O)OCc2ccc(C#N)cc2F)CC1=O. The summed E-state index contributed by atoms with van der Waals surface area (Å²) < 4.78 is 18.6. The number of esters is 1. The summed E-state index contributed by atoms with van der Waals surface area (Å²) in [7, 11) is 1.62. The molecule has 104 valence electrons. The number of nitriles is 1. The zero-order valence-corrected chi connectivity index (χ0v) is 10.9. The van der Waals surface area contributed by atoms with Crippen LogP contribution in [0.4, 0.5) is 4.39 Å². The number of hydrogen-bond donors (Lipinski definition) is 0. The Balaban J connectivity index is 1.94. The van der Waals surface area contributed by atoms with Gasteiger partial charge in [-0.25, -0.2) is 4.39 Å². The van der Waals surface area contributed by atoms with Crippen molar-refractivity contribution in [3.63, 3.8) is 0 Å². The highest BCUT2D eigenvalue weighted by Crippen LogP contribution is 2.19. The molecule has 0 unspecified atom stereocenters. The number of nitrogens with zero attached hydrogens (tertiary/aromatic N) is 2. The van der Waals surface area contributed by atoms with Crippen LogP contribution in [0.3, 0.4) is 0 Å². The Kier molecular flexibility index (Phi) is 3.99. The summed E-state index contributed by atoms with van der Waals surface area (Å²) in [6.45, 7) is 0.123. The zero-order valence-electron chi connectivity index (χ0n) is 10.9. The standard InChI is InChI=1S/C14H13FN2O3/c1-17-7-11(5-13(17)18)14(19)20-8-10-3-2-9(6-16)4-12(10)15/h2-4,11H,5,7-8H2,1H3/t11-/m0/s1. The molecule has 0 saturated carbocycles. The Labute approximate surface area is 115 Å². The van der Waals surface area contributed by atoms with Gasteiger partial charge in [-0.15, -0.1) is 0 Å². The number of carbonyl (C=O) groups is 2. The Morgan fingerprint density at radius 3 is 2.90 bits per heavy atom. The van der Waals surface area contributed by atoms with Crippen LogP contribution in [0.5, 0.6) is 0 Å². The summed E-state index contributed by atoms with van der Waals surface area (Å²) in [6, 6.07) is 5.78. The van der Waals surface area contributed by atoms with Crippen molar-refractivity contribution >= 4 is 11.9 Å². The van der Waals surface area contributed by atoms with Crippen LogP contribution in [0.2, 0.25) is 0 Å². The lowest BCUT2D eigenvalue weighted by Crippen LogP contribution is -2.22. The third kappa shape index (κ3) is 2.94. The minimum Gasteiger partial charge on any atom is -0.460 e. The number of ether oxygens (including phenoxy) is 1. The normalized spacial score (nSPS) is 17.9. The first-order valence-electron chi connectivity index (χ1n) is 6.10. The van der Waals surface area contributed by atoms with Crippen molar-refractivity contribution in [1.82, 2.24) is 4.90 Å². The van der Waals surface area contributed by atoms with E-state index in [1.807, 2.05) is 6.07 Å². The number of hydrogen-bond acceptors (Lipinski definition) is 4. The molecule has 1 atom stereocenters. The van der Waals surface area contributed by atoms with Crippen LogP contribution in [-0.4, -0.2) is 30.4 Å². The number of rotatable bonds is 3. The van der Waals surface area contributed by atoms with Crippen LogP contribution in [0.1, 0.15) is 17.5 Å². The fourth-order valence-corrected chi connectivity index (χ4v) is 2.02. The number of halogens is 1. The monoisotopic (exact) mass is 276 g/mol. The molecule has 1 fully saturated rings. The molecule has 1 aliphatic rings. The lowest BCUT2D eigenvalue weighted by atomic mass is 10.1. The summed E-state index contributed by atoms with van der Waals surface area (Å²) >= 11 is 0. The van der Waals surface area contributed by atoms with E-state index in [0.29, 0.717) is 6.54 Å². The van der Waals surface area contributed by atoms with Gasteiger partial charge in [-0.05, 0) is 12.1 Å². The van der Waals surface area contributed by atoms with E-state index < -0.39 is 17.7 Å². The third-order valence-corrected chi connectivity index (χ3v) is 3.23. The first-order chi connectivity index (χ1) is 9.51. The topological polar surface area (TPSA) is 70.4 Å². The van der Waals surface area contributed by atoms with Gasteiger partial charge >= 0.3 is 5.97 Å². The van der Waals surface area contributed by atoms with E-state index in [1.165, 1.54) is 17.0 Å². The summed E-state index contributed by atoms with van der Waals surface area (Å²) in [5.74, 6) is -1.69. The first kappa shape index (κ1) is 14.0. The molecule has 1 aliphatic heterocycles. The smallest absolute Gasteiger partial charge is 0.311 e.